The van der Waals surface area contributed by atoms with Gasteiger partial charge in [-0.15, -0.1) is 0 Å². The number of primary amides is 1. The zero-order chi connectivity index (χ0) is 22.3. The van der Waals surface area contributed by atoms with Crippen molar-refractivity contribution in [1.82, 2.24) is 10.3 Å². The van der Waals surface area contributed by atoms with Crippen molar-refractivity contribution in [2.45, 2.75) is 63.1 Å². The van der Waals surface area contributed by atoms with E-state index in [9.17, 15) is 18.4 Å². The lowest BCUT2D eigenvalue weighted by atomic mass is 9.83. The zero-order valence-corrected chi connectivity index (χ0v) is 17.6. The minimum Gasteiger partial charge on any atom is -0.366 e. The maximum Gasteiger partial charge on any atom is 0.250 e. The monoisotopic (exact) mass is 428 g/mol. The molecule has 3 N–H and O–H groups in total. The maximum absolute atomic E-state index is 13.7. The van der Waals surface area contributed by atoms with Crippen LogP contribution in [0.3, 0.4) is 0 Å². The first-order valence-electron chi connectivity index (χ1n) is 10.5. The van der Waals surface area contributed by atoms with Crippen molar-refractivity contribution >= 4 is 17.6 Å². The highest BCUT2D eigenvalue weighted by Gasteiger charge is 2.43. The van der Waals surface area contributed by atoms with Crippen LogP contribution in [0, 0.1) is 11.6 Å². The number of benzene rings is 1. The van der Waals surface area contributed by atoms with E-state index in [0.717, 1.165) is 43.6 Å². The third-order valence-electron chi connectivity index (χ3n) is 6.57. The number of pyridine rings is 1. The first kappa shape index (κ1) is 21.2. The number of aromatic nitrogens is 1. The Kier molecular flexibility index (Phi) is 5.41. The van der Waals surface area contributed by atoms with E-state index in [0.29, 0.717) is 11.1 Å². The van der Waals surface area contributed by atoms with E-state index in [1.165, 1.54) is 12.3 Å². The lowest BCUT2D eigenvalue weighted by Gasteiger charge is -2.41. The molecular formula is C23H26F2N4O2. The Balaban J connectivity index is 1.44. The molecule has 31 heavy (non-hydrogen) atoms. The molecule has 1 unspecified atom stereocenters. The molecule has 2 fully saturated rings. The first-order chi connectivity index (χ1) is 14.7. The number of rotatable bonds is 5. The number of nitrogens with one attached hydrogen (secondary N) is 1. The Morgan fingerprint density at radius 2 is 1.77 bits per heavy atom. The van der Waals surface area contributed by atoms with E-state index in [4.69, 9.17) is 5.73 Å². The highest BCUT2D eigenvalue weighted by molar-refractivity contribution is 5.92. The Morgan fingerprint density at radius 3 is 2.32 bits per heavy atom. The van der Waals surface area contributed by atoms with Gasteiger partial charge >= 0.3 is 0 Å². The standard InChI is InChI=1S/C23H26F2N4O2/c1-23(2,14-4-7-18(24)19(25)9-14)22(31)28-15-10-16-5-6-17(11-15)29(16)20-8-3-13(12-27-20)21(26)30/h3-4,7-9,12,15-17H,5-6,10-11H2,1-2H3,(H2,26,30)(H,28,31)/t15?,16-,17+. The van der Waals surface area contributed by atoms with Crippen LogP contribution in [0.25, 0.3) is 0 Å². The molecule has 0 radical (unpaired) electrons. The summed E-state index contributed by atoms with van der Waals surface area (Å²) in [6, 6.07) is 7.56. The second-order valence-corrected chi connectivity index (χ2v) is 8.96. The number of fused-ring (bicyclic) bond motifs is 2. The first-order valence-corrected chi connectivity index (χ1v) is 10.5. The van der Waals surface area contributed by atoms with Crippen LogP contribution in [0.4, 0.5) is 14.6 Å². The van der Waals surface area contributed by atoms with Gasteiger partial charge in [0.2, 0.25) is 11.8 Å². The number of hydrogen-bond donors (Lipinski definition) is 2. The number of carbonyl (C=O) groups excluding carboxylic acids is 2. The van der Waals surface area contributed by atoms with Crippen molar-refractivity contribution in [3.8, 4) is 0 Å². The maximum atomic E-state index is 13.7. The van der Waals surface area contributed by atoms with Gasteiger partial charge in [0.05, 0.1) is 11.0 Å². The quantitative estimate of drug-likeness (QED) is 0.766. The number of amides is 2. The molecule has 2 bridgehead atoms. The van der Waals surface area contributed by atoms with E-state index in [1.54, 1.807) is 19.9 Å². The molecule has 6 nitrogen and oxygen atoms in total. The summed E-state index contributed by atoms with van der Waals surface area (Å²) in [7, 11) is 0. The molecule has 3 atom stereocenters. The number of halogens is 2. The molecule has 2 saturated heterocycles. The number of piperidine rings is 1. The van der Waals surface area contributed by atoms with Crippen molar-refractivity contribution in [2.75, 3.05) is 4.90 Å². The van der Waals surface area contributed by atoms with Gasteiger partial charge in [-0.3, -0.25) is 9.59 Å². The SMILES string of the molecule is CC(C)(C(=O)NC1C[C@H]2CC[C@@H](C1)N2c1ccc(C(N)=O)cn1)c1ccc(F)c(F)c1. The number of hydrogen-bond acceptors (Lipinski definition) is 4. The van der Waals surface area contributed by atoms with Gasteiger partial charge in [0.1, 0.15) is 5.82 Å². The summed E-state index contributed by atoms with van der Waals surface area (Å²) < 4.78 is 27.0. The van der Waals surface area contributed by atoms with Crippen molar-refractivity contribution in [2.24, 2.45) is 5.73 Å². The molecule has 164 valence electrons. The molecule has 3 heterocycles. The molecule has 2 aliphatic heterocycles. The second-order valence-electron chi connectivity index (χ2n) is 8.96. The molecule has 4 rings (SSSR count). The van der Waals surface area contributed by atoms with Gasteiger partial charge in [0.15, 0.2) is 11.6 Å². The minimum atomic E-state index is -0.989. The smallest absolute Gasteiger partial charge is 0.250 e. The molecule has 0 saturated carbocycles. The van der Waals surface area contributed by atoms with Gasteiger partial charge in [-0.05, 0) is 69.4 Å². The largest absolute Gasteiger partial charge is 0.366 e. The van der Waals surface area contributed by atoms with Crippen LogP contribution >= 0.6 is 0 Å². The predicted octanol–water partition coefficient (Wildman–Crippen LogP) is 3.05. The molecule has 2 aliphatic rings. The summed E-state index contributed by atoms with van der Waals surface area (Å²) in [6.07, 6.45) is 5.05. The molecule has 2 aromatic rings. The molecule has 1 aromatic carbocycles. The van der Waals surface area contributed by atoms with Crippen LogP contribution in [0.15, 0.2) is 36.5 Å². The molecular weight excluding hydrogens is 402 g/mol. The van der Waals surface area contributed by atoms with Crippen molar-refractivity contribution in [3.63, 3.8) is 0 Å². The Bertz CT molecular complexity index is 995. The van der Waals surface area contributed by atoms with Gasteiger partial charge in [-0.2, -0.15) is 0 Å². The second kappa shape index (κ2) is 7.90. The summed E-state index contributed by atoms with van der Waals surface area (Å²) in [5, 5.41) is 3.13. The average Bonchev–Trinajstić information content (AvgIpc) is 3.00. The zero-order valence-electron chi connectivity index (χ0n) is 17.6. The van der Waals surface area contributed by atoms with Crippen molar-refractivity contribution in [3.05, 3.63) is 59.3 Å². The average molecular weight is 428 g/mol. The van der Waals surface area contributed by atoms with Crippen LogP contribution in [0.2, 0.25) is 0 Å². The third-order valence-corrected chi connectivity index (χ3v) is 6.57. The van der Waals surface area contributed by atoms with E-state index >= 15 is 0 Å². The summed E-state index contributed by atoms with van der Waals surface area (Å²) in [6.45, 7) is 3.42. The lowest BCUT2D eigenvalue weighted by Crippen LogP contribution is -2.53. The fourth-order valence-electron chi connectivity index (χ4n) is 4.74. The molecule has 0 aliphatic carbocycles. The van der Waals surface area contributed by atoms with Gasteiger partial charge in [0.25, 0.3) is 0 Å². The fourth-order valence-corrected chi connectivity index (χ4v) is 4.74. The van der Waals surface area contributed by atoms with Crippen LogP contribution in [-0.4, -0.2) is 34.9 Å². The molecule has 1 aromatic heterocycles. The molecule has 0 spiro atoms. The van der Waals surface area contributed by atoms with E-state index in [2.05, 4.69) is 15.2 Å². The Labute approximate surface area is 179 Å². The fraction of sp³-hybridized carbons (Fsp3) is 0.435. The summed E-state index contributed by atoms with van der Waals surface area (Å²) in [5.74, 6) is -1.79. The van der Waals surface area contributed by atoms with Crippen LogP contribution < -0.4 is 16.0 Å². The third kappa shape index (κ3) is 3.98. The van der Waals surface area contributed by atoms with E-state index < -0.39 is 23.0 Å². The topological polar surface area (TPSA) is 88.3 Å². The summed E-state index contributed by atoms with van der Waals surface area (Å²) >= 11 is 0. The van der Waals surface area contributed by atoms with Gasteiger partial charge in [-0.1, -0.05) is 6.07 Å². The van der Waals surface area contributed by atoms with Crippen LogP contribution in [0.1, 0.15) is 55.5 Å². The van der Waals surface area contributed by atoms with Crippen molar-refractivity contribution in [1.29, 1.82) is 0 Å². The van der Waals surface area contributed by atoms with Gasteiger partial charge in [-0.25, -0.2) is 13.8 Å². The normalized spacial score (nSPS) is 23.0. The van der Waals surface area contributed by atoms with Gasteiger partial charge in [0, 0.05) is 24.3 Å². The highest BCUT2D eigenvalue weighted by Crippen LogP contribution is 2.39. The highest BCUT2D eigenvalue weighted by atomic mass is 19.2. The number of nitrogens with two attached hydrogens (primary N) is 1. The van der Waals surface area contributed by atoms with Crippen LogP contribution in [0.5, 0.6) is 0 Å². The molecule has 8 heteroatoms. The minimum absolute atomic E-state index is 0.00397. The van der Waals surface area contributed by atoms with E-state index in [-0.39, 0.29) is 24.0 Å². The number of nitrogens with zero attached hydrogens (tertiary/aromatic N) is 2. The summed E-state index contributed by atoms with van der Waals surface area (Å²) in [5.41, 5.74) is 5.11. The van der Waals surface area contributed by atoms with E-state index in [1.807, 2.05) is 6.07 Å². The number of anilines is 1. The van der Waals surface area contributed by atoms with Crippen LogP contribution in [-0.2, 0) is 10.2 Å². The predicted molar refractivity (Wildman–Crippen MR) is 113 cm³/mol. The number of carbonyl (C=O) groups is 2. The van der Waals surface area contributed by atoms with Crippen molar-refractivity contribution < 1.29 is 18.4 Å². The summed E-state index contributed by atoms with van der Waals surface area (Å²) in [4.78, 5) is 31.0. The van der Waals surface area contributed by atoms with Gasteiger partial charge < -0.3 is 16.0 Å². The Hall–Kier alpha value is -3.03. The molecule has 2 amide bonds. The lowest BCUT2D eigenvalue weighted by molar-refractivity contribution is -0.126. The Morgan fingerprint density at radius 1 is 1.10 bits per heavy atom.